The zero-order valence-corrected chi connectivity index (χ0v) is 20.8. The number of fused-ring (bicyclic) bond motifs is 1. The van der Waals surface area contributed by atoms with E-state index < -0.39 is 5.41 Å². The van der Waals surface area contributed by atoms with Gasteiger partial charge in [-0.25, -0.2) is 4.39 Å². The second kappa shape index (κ2) is 10.0. The fraction of sp³-hybridized carbons (Fsp3) is 0.200. The Kier molecular flexibility index (Phi) is 6.63. The molecular formula is C30H26FN3O4. The minimum Gasteiger partial charge on any atom is -0.457 e. The van der Waals surface area contributed by atoms with E-state index in [0.717, 1.165) is 5.56 Å². The van der Waals surface area contributed by atoms with E-state index in [9.17, 15) is 18.8 Å². The molecule has 1 aliphatic carbocycles. The summed E-state index contributed by atoms with van der Waals surface area (Å²) in [6.45, 7) is 0. The van der Waals surface area contributed by atoms with E-state index in [-0.39, 0.29) is 36.1 Å². The van der Waals surface area contributed by atoms with Crippen molar-refractivity contribution < 1.29 is 23.5 Å². The van der Waals surface area contributed by atoms with Crippen molar-refractivity contribution in [3.8, 4) is 11.5 Å². The van der Waals surface area contributed by atoms with Crippen LogP contribution in [-0.2, 0) is 22.4 Å². The van der Waals surface area contributed by atoms with Crippen molar-refractivity contribution in [2.75, 3.05) is 12.8 Å². The van der Waals surface area contributed by atoms with Crippen LogP contribution < -0.4 is 15.8 Å². The van der Waals surface area contributed by atoms with E-state index in [1.165, 1.54) is 19.2 Å². The lowest BCUT2D eigenvalue weighted by atomic mass is 9.88. The van der Waals surface area contributed by atoms with Crippen molar-refractivity contribution >= 4 is 34.1 Å². The molecule has 8 heteroatoms. The Labute approximate surface area is 218 Å². The van der Waals surface area contributed by atoms with Gasteiger partial charge in [0.25, 0.3) is 5.91 Å². The minimum atomic E-state index is -0.941. The minimum absolute atomic E-state index is 0.0993. The van der Waals surface area contributed by atoms with Crippen LogP contribution in [0.5, 0.6) is 11.5 Å². The molecule has 0 aliphatic heterocycles. The maximum absolute atomic E-state index is 13.2. The first kappa shape index (κ1) is 25.1. The standard InChI is InChI=1S/C30H26FN3O4/c1-33-29(37)22-16-23-25(17-24(22)32)34-13-10-26(23)38-21-8-4-19(5-9-21)15-28(36)30(11-12-30)27(35)14-18-2-6-20(31)7-3-18/h2-10,13,16-17H,11-12,14-15,32H2,1H3,(H,33,37). The summed E-state index contributed by atoms with van der Waals surface area (Å²) < 4.78 is 19.2. The SMILES string of the molecule is CNC(=O)c1cc2c(Oc3ccc(CC(=O)C4(C(=O)Cc5ccc(F)cc5)CC4)cc3)ccnc2cc1N. The highest BCUT2D eigenvalue weighted by molar-refractivity contribution is 6.11. The number of benzene rings is 3. The van der Waals surface area contributed by atoms with Crippen LogP contribution in [0.2, 0.25) is 0 Å². The van der Waals surface area contributed by atoms with Crippen LogP contribution in [0.3, 0.4) is 0 Å². The maximum Gasteiger partial charge on any atom is 0.253 e. The number of aromatic nitrogens is 1. The van der Waals surface area contributed by atoms with Gasteiger partial charge in [-0.05, 0) is 66.4 Å². The van der Waals surface area contributed by atoms with Gasteiger partial charge in [0.15, 0.2) is 11.6 Å². The summed E-state index contributed by atoms with van der Waals surface area (Å²) in [6.07, 6.45) is 2.95. The number of carbonyl (C=O) groups is 3. The van der Waals surface area contributed by atoms with Crippen LogP contribution in [0.25, 0.3) is 10.9 Å². The summed E-state index contributed by atoms with van der Waals surface area (Å²) in [6, 6.07) is 17.9. The van der Waals surface area contributed by atoms with E-state index >= 15 is 0 Å². The number of hydrogen-bond donors (Lipinski definition) is 2. The first-order chi connectivity index (χ1) is 18.3. The molecule has 4 aromatic rings. The van der Waals surface area contributed by atoms with E-state index in [0.29, 0.717) is 52.1 Å². The van der Waals surface area contributed by atoms with E-state index in [2.05, 4.69) is 10.3 Å². The van der Waals surface area contributed by atoms with Gasteiger partial charge >= 0.3 is 0 Å². The topological polar surface area (TPSA) is 111 Å². The average molecular weight is 512 g/mol. The third-order valence-electron chi connectivity index (χ3n) is 6.96. The van der Waals surface area contributed by atoms with Gasteiger partial charge in [-0.1, -0.05) is 24.3 Å². The van der Waals surface area contributed by atoms with Crippen molar-refractivity contribution in [2.45, 2.75) is 25.7 Å². The van der Waals surface area contributed by atoms with Crippen LogP contribution in [0, 0.1) is 11.2 Å². The smallest absolute Gasteiger partial charge is 0.253 e. The molecular weight excluding hydrogens is 485 g/mol. The van der Waals surface area contributed by atoms with Crippen LogP contribution in [0.15, 0.2) is 72.9 Å². The number of nitrogens with two attached hydrogens (primary N) is 1. The Hall–Kier alpha value is -4.59. The first-order valence-corrected chi connectivity index (χ1v) is 12.3. The Morgan fingerprint density at radius 1 is 0.947 bits per heavy atom. The maximum atomic E-state index is 13.2. The molecule has 1 amide bonds. The fourth-order valence-electron chi connectivity index (χ4n) is 4.56. The Morgan fingerprint density at radius 2 is 1.55 bits per heavy atom. The fourth-order valence-corrected chi connectivity index (χ4v) is 4.56. The summed E-state index contributed by atoms with van der Waals surface area (Å²) in [7, 11) is 1.53. The van der Waals surface area contributed by atoms with Crippen LogP contribution >= 0.6 is 0 Å². The normalized spacial score (nSPS) is 13.6. The molecule has 0 radical (unpaired) electrons. The average Bonchev–Trinajstić information content (AvgIpc) is 3.73. The number of pyridine rings is 1. The molecule has 1 saturated carbocycles. The molecule has 1 aromatic heterocycles. The monoisotopic (exact) mass is 511 g/mol. The molecule has 0 bridgehead atoms. The van der Waals surface area contributed by atoms with E-state index in [1.54, 1.807) is 60.8 Å². The molecule has 1 aliphatic rings. The Bertz CT molecular complexity index is 1540. The van der Waals surface area contributed by atoms with E-state index in [1.807, 2.05) is 0 Å². The molecule has 1 fully saturated rings. The molecule has 7 nitrogen and oxygen atoms in total. The van der Waals surface area contributed by atoms with Crippen molar-refractivity contribution in [3.63, 3.8) is 0 Å². The number of Topliss-reactive ketones (excluding diaryl/α,β-unsaturated/α-hetero) is 2. The van der Waals surface area contributed by atoms with Gasteiger partial charge in [0, 0.05) is 37.2 Å². The van der Waals surface area contributed by atoms with Gasteiger partial charge in [-0.3, -0.25) is 19.4 Å². The van der Waals surface area contributed by atoms with Gasteiger partial charge < -0.3 is 15.8 Å². The van der Waals surface area contributed by atoms with Crippen LogP contribution in [0.4, 0.5) is 10.1 Å². The van der Waals surface area contributed by atoms with Gasteiger partial charge in [0.1, 0.15) is 17.3 Å². The Balaban J connectivity index is 1.28. The predicted molar refractivity (Wildman–Crippen MR) is 142 cm³/mol. The number of ether oxygens (including phenoxy) is 1. The van der Waals surface area contributed by atoms with Gasteiger partial charge in [-0.2, -0.15) is 0 Å². The lowest BCUT2D eigenvalue weighted by molar-refractivity contribution is -0.133. The number of ketones is 2. The number of nitrogens with one attached hydrogen (secondary N) is 1. The molecule has 0 spiro atoms. The quantitative estimate of drug-likeness (QED) is 0.246. The van der Waals surface area contributed by atoms with Gasteiger partial charge in [-0.15, -0.1) is 0 Å². The number of rotatable bonds is 9. The summed E-state index contributed by atoms with van der Waals surface area (Å²) in [5, 5.41) is 3.21. The van der Waals surface area contributed by atoms with E-state index in [4.69, 9.17) is 10.5 Å². The number of halogens is 1. The third-order valence-corrected chi connectivity index (χ3v) is 6.96. The second-order valence-corrected chi connectivity index (χ2v) is 9.50. The molecule has 0 saturated heterocycles. The molecule has 3 aromatic carbocycles. The number of hydrogen-bond acceptors (Lipinski definition) is 6. The molecule has 3 N–H and O–H groups in total. The zero-order valence-electron chi connectivity index (χ0n) is 20.8. The highest BCUT2D eigenvalue weighted by Crippen LogP contribution is 2.48. The molecule has 1 heterocycles. The summed E-state index contributed by atoms with van der Waals surface area (Å²) in [5.74, 6) is 0.167. The zero-order chi connectivity index (χ0) is 26.9. The molecule has 192 valence electrons. The molecule has 0 unspecified atom stereocenters. The van der Waals surface area contributed by atoms with Crippen molar-refractivity contribution in [3.05, 3.63) is 95.4 Å². The highest BCUT2D eigenvalue weighted by atomic mass is 19.1. The molecule has 38 heavy (non-hydrogen) atoms. The van der Waals surface area contributed by atoms with Gasteiger partial charge in [0.2, 0.25) is 0 Å². The second-order valence-electron chi connectivity index (χ2n) is 9.50. The summed E-state index contributed by atoms with van der Waals surface area (Å²) in [4.78, 5) is 42.5. The van der Waals surface area contributed by atoms with Crippen molar-refractivity contribution in [1.82, 2.24) is 10.3 Å². The van der Waals surface area contributed by atoms with Crippen molar-refractivity contribution in [2.24, 2.45) is 5.41 Å². The third kappa shape index (κ3) is 4.98. The highest BCUT2D eigenvalue weighted by Gasteiger charge is 2.54. The number of amides is 1. The molecule has 0 atom stereocenters. The predicted octanol–water partition coefficient (Wildman–Crippen LogP) is 4.81. The number of nitrogen functional groups attached to an aromatic ring is 1. The number of anilines is 1. The Morgan fingerprint density at radius 3 is 2.13 bits per heavy atom. The first-order valence-electron chi connectivity index (χ1n) is 12.3. The lowest BCUT2D eigenvalue weighted by Crippen LogP contribution is -2.28. The van der Waals surface area contributed by atoms with Crippen LogP contribution in [0.1, 0.15) is 34.3 Å². The summed E-state index contributed by atoms with van der Waals surface area (Å²) in [5.41, 5.74) is 7.79. The molecule has 5 rings (SSSR count). The number of nitrogens with zero attached hydrogens (tertiary/aromatic N) is 1. The van der Waals surface area contributed by atoms with Gasteiger partial charge in [0.05, 0.1) is 16.5 Å². The lowest BCUT2D eigenvalue weighted by Gasteiger charge is -2.14. The van der Waals surface area contributed by atoms with Crippen LogP contribution in [-0.4, -0.2) is 29.5 Å². The largest absolute Gasteiger partial charge is 0.457 e. The number of carbonyl (C=O) groups excluding carboxylic acids is 3. The van der Waals surface area contributed by atoms with Crippen molar-refractivity contribution in [1.29, 1.82) is 0 Å². The summed E-state index contributed by atoms with van der Waals surface area (Å²) >= 11 is 0.